The molecule has 21 heavy (non-hydrogen) atoms. The topological polar surface area (TPSA) is 64.2 Å². The molecule has 1 aliphatic rings. The fourth-order valence-electron chi connectivity index (χ4n) is 3.37. The molecule has 0 radical (unpaired) electrons. The van der Waals surface area contributed by atoms with E-state index in [1.165, 1.54) is 0 Å². The minimum atomic E-state index is 0.00815. The minimum Gasteiger partial charge on any atom is -0.333 e. The van der Waals surface area contributed by atoms with Crippen molar-refractivity contribution in [1.29, 1.82) is 0 Å². The second-order valence-electron chi connectivity index (χ2n) is 5.91. The number of aromatic nitrogens is 2. The molecule has 2 heterocycles. The summed E-state index contributed by atoms with van der Waals surface area (Å²) < 4.78 is 1.77. The lowest BCUT2D eigenvalue weighted by Gasteiger charge is -2.39. The Morgan fingerprint density at radius 1 is 1.43 bits per heavy atom. The van der Waals surface area contributed by atoms with Crippen molar-refractivity contribution in [3.05, 3.63) is 30.0 Å². The molecule has 1 aromatic heterocycles. The van der Waals surface area contributed by atoms with Crippen molar-refractivity contribution in [1.82, 2.24) is 14.7 Å². The van der Waals surface area contributed by atoms with Gasteiger partial charge in [-0.15, -0.1) is 0 Å². The Hall–Kier alpha value is -1.88. The van der Waals surface area contributed by atoms with E-state index in [-0.39, 0.29) is 11.9 Å². The highest BCUT2D eigenvalue weighted by molar-refractivity contribution is 6.05. The molecular weight excluding hydrogens is 264 g/mol. The Balaban J connectivity index is 2.00. The summed E-state index contributed by atoms with van der Waals surface area (Å²) in [5.41, 5.74) is 7.42. The maximum atomic E-state index is 12.9. The van der Waals surface area contributed by atoms with Gasteiger partial charge in [0, 0.05) is 31.6 Å². The fourth-order valence-corrected chi connectivity index (χ4v) is 3.37. The molecule has 5 heteroatoms. The van der Waals surface area contributed by atoms with E-state index in [2.05, 4.69) is 12.0 Å². The van der Waals surface area contributed by atoms with Crippen LogP contribution >= 0.6 is 0 Å². The number of para-hydroxylation sites is 1. The lowest BCUT2D eigenvalue weighted by atomic mass is 9.90. The summed E-state index contributed by atoms with van der Waals surface area (Å²) in [4.78, 5) is 14.9. The summed E-state index contributed by atoms with van der Waals surface area (Å²) in [6, 6.07) is 7.97. The van der Waals surface area contributed by atoms with Crippen LogP contribution in [0.2, 0.25) is 0 Å². The first-order chi connectivity index (χ1) is 10.1. The Kier molecular flexibility index (Phi) is 3.68. The lowest BCUT2D eigenvalue weighted by molar-refractivity contribution is 0.0528. The third-order valence-corrected chi connectivity index (χ3v) is 4.58. The third kappa shape index (κ3) is 2.31. The van der Waals surface area contributed by atoms with Crippen LogP contribution in [0.1, 0.15) is 30.3 Å². The summed E-state index contributed by atoms with van der Waals surface area (Å²) in [5.74, 6) is 0.455. The van der Waals surface area contributed by atoms with Crippen LogP contribution in [-0.4, -0.2) is 39.7 Å². The van der Waals surface area contributed by atoms with Crippen molar-refractivity contribution in [2.45, 2.75) is 25.8 Å². The molecule has 0 aliphatic carbocycles. The second kappa shape index (κ2) is 5.48. The number of benzene rings is 1. The third-order valence-electron chi connectivity index (χ3n) is 4.58. The van der Waals surface area contributed by atoms with E-state index in [1.807, 2.05) is 36.2 Å². The lowest BCUT2D eigenvalue weighted by Crippen LogP contribution is -2.51. The highest BCUT2D eigenvalue weighted by atomic mass is 16.2. The van der Waals surface area contributed by atoms with Gasteiger partial charge in [-0.05, 0) is 24.8 Å². The maximum absolute atomic E-state index is 12.9. The van der Waals surface area contributed by atoms with E-state index in [0.717, 1.165) is 30.3 Å². The second-order valence-corrected chi connectivity index (χ2v) is 5.91. The maximum Gasteiger partial charge on any atom is 0.275 e. The SMILES string of the molecule is CC1CCCN(C(=O)c2nn(C)c3ccccc23)C1CN. The summed E-state index contributed by atoms with van der Waals surface area (Å²) in [6.07, 6.45) is 2.17. The van der Waals surface area contributed by atoms with Crippen molar-refractivity contribution >= 4 is 16.8 Å². The summed E-state index contributed by atoms with van der Waals surface area (Å²) in [7, 11) is 1.87. The molecule has 1 aromatic carbocycles. The van der Waals surface area contributed by atoms with E-state index >= 15 is 0 Å². The number of carbonyl (C=O) groups excluding carboxylic acids is 1. The average Bonchev–Trinajstić information content (AvgIpc) is 2.84. The number of piperidine rings is 1. The van der Waals surface area contributed by atoms with E-state index in [4.69, 9.17) is 5.73 Å². The number of fused-ring (bicyclic) bond motifs is 1. The molecule has 0 spiro atoms. The van der Waals surface area contributed by atoms with Gasteiger partial charge in [0.25, 0.3) is 5.91 Å². The van der Waals surface area contributed by atoms with Crippen molar-refractivity contribution in [3.63, 3.8) is 0 Å². The highest BCUT2D eigenvalue weighted by Crippen LogP contribution is 2.26. The number of nitrogens with zero attached hydrogens (tertiary/aromatic N) is 3. The van der Waals surface area contributed by atoms with Gasteiger partial charge in [0.05, 0.1) is 5.52 Å². The van der Waals surface area contributed by atoms with Crippen LogP contribution in [0.25, 0.3) is 10.9 Å². The van der Waals surface area contributed by atoms with Gasteiger partial charge in [0.2, 0.25) is 0 Å². The summed E-state index contributed by atoms with van der Waals surface area (Å²) in [5, 5.41) is 5.36. The number of rotatable bonds is 2. The zero-order chi connectivity index (χ0) is 15.0. The molecule has 1 aliphatic heterocycles. The van der Waals surface area contributed by atoms with Crippen molar-refractivity contribution < 1.29 is 4.79 Å². The van der Waals surface area contributed by atoms with E-state index in [0.29, 0.717) is 18.2 Å². The number of hydrogen-bond acceptors (Lipinski definition) is 3. The van der Waals surface area contributed by atoms with E-state index in [9.17, 15) is 4.79 Å². The van der Waals surface area contributed by atoms with Gasteiger partial charge < -0.3 is 10.6 Å². The van der Waals surface area contributed by atoms with Crippen molar-refractivity contribution in [3.8, 4) is 0 Å². The zero-order valence-electron chi connectivity index (χ0n) is 12.6. The number of aryl methyl sites for hydroxylation is 1. The standard InChI is InChI=1S/C16H22N4O/c1-11-6-5-9-20(14(11)10-17)16(21)15-12-7-3-4-8-13(12)19(2)18-15/h3-4,7-8,11,14H,5-6,9-10,17H2,1-2H3. The molecule has 2 unspecified atom stereocenters. The van der Waals surface area contributed by atoms with Crippen molar-refractivity contribution in [2.24, 2.45) is 18.7 Å². The molecule has 112 valence electrons. The van der Waals surface area contributed by atoms with Gasteiger partial charge in [-0.2, -0.15) is 5.10 Å². The summed E-state index contributed by atoms with van der Waals surface area (Å²) in [6.45, 7) is 3.46. The molecule has 3 rings (SSSR count). The van der Waals surface area contributed by atoms with Crippen LogP contribution in [0.3, 0.4) is 0 Å². The molecule has 2 N–H and O–H groups in total. The minimum absolute atomic E-state index is 0.00815. The number of amides is 1. The Morgan fingerprint density at radius 3 is 2.95 bits per heavy atom. The Morgan fingerprint density at radius 2 is 2.19 bits per heavy atom. The monoisotopic (exact) mass is 286 g/mol. The molecule has 0 bridgehead atoms. The smallest absolute Gasteiger partial charge is 0.275 e. The van der Waals surface area contributed by atoms with Gasteiger partial charge in [0.1, 0.15) is 0 Å². The molecular formula is C16H22N4O. The van der Waals surface area contributed by atoms with Crippen LogP contribution in [-0.2, 0) is 7.05 Å². The molecule has 2 aromatic rings. The van der Waals surface area contributed by atoms with Gasteiger partial charge in [-0.25, -0.2) is 0 Å². The summed E-state index contributed by atoms with van der Waals surface area (Å²) >= 11 is 0. The average molecular weight is 286 g/mol. The van der Waals surface area contributed by atoms with Gasteiger partial charge in [-0.1, -0.05) is 25.1 Å². The number of nitrogens with two attached hydrogens (primary N) is 1. The largest absolute Gasteiger partial charge is 0.333 e. The first-order valence-electron chi connectivity index (χ1n) is 7.56. The quantitative estimate of drug-likeness (QED) is 0.915. The zero-order valence-corrected chi connectivity index (χ0v) is 12.6. The highest BCUT2D eigenvalue weighted by Gasteiger charge is 2.33. The Labute approximate surface area is 124 Å². The number of carbonyl (C=O) groups is 1. The van der Waals surface area contributed by atoms with Crippen LogP contribution in [0.15, 0.2) is 24.3 Å². The van der Waals surface area contributed by atoms with Crippen LogP contribution in [0.4, 0.5) is 0 Å². The molecule has 1 saturated heterocycles. The number of hydrogen-bond donors (Lipinski definition) is 1. The van der Waals surface area contributed by atoms with E-state index < -0.39 is 0 Å². The van der Waals surface area contributed by atoms with Crippen molar-refractivity contribution in [2.75, 3.05) is 13.1 Å². The fraction of sp³-hybridized carbons (Fsp3) is 0.500. The molecule has 2 atom stereocenters. The molecule has 1 fully saturated rings. The first-order valence-corrected chi connectivity index (χ1v) is 7.56. The molecule has 1 amide bonds. The Bertz CT molecular complexity index is 663. The van der Waals surface area contributed by atoms with Gasteiger partial charge in [0.15, 0.2) is 5.69 Å². The van der Waals surface area contributed by atoms with Gasteiger partial charge >= 0.3 is 0 Å². The van der Waals surface area contributed by atoms with Crippen LogP contribution < -0.4 is 5.73 Å². The van der Waals surface area contributed by atoms with Crippen LogP contribution in [0, 0.1) is 5.92 Å². The van der Waals surface area contributed by atoms with Gasteiger partial charge in [-0.3, -0.25) is 9.48 Å². The first kappa shape index (κ1) is 14.1. The number of likely N-dealkylation sites (tertiary alicyclic amines) is 1. The molecule has 5 nitrogen and oxygen atoms in total. The predicted octanol–water partition coefficient (Wildman–Crippen LogP) is 1.77. The molecule has 0 saturated carbocycles. The normalized spacial score (nSPS) is 22.7. The van der Waals surface area contributed by atoms with E-state index in [1.54, 1.807) is 4.68 Å². The van der Waals surface area contributed by atoms with Crippen LogP contribution in [0.5, 0.6) is 0 Å². The predicted molar refractivity (Wildman–Crippen MR) is 83.0 cm³/mol.